The van der Waals surface area contributed by atoms with Gasteiger partial charge in [-0.3, -0.25) is 4.79 Å². The normalized spacial score (nSPS) is 24.4. The Balaban J connectivity index is 1.84. The van der Waals surface area contributed by atoms with Crippen LogP contribution in [0.15, 0.2) is 12.4 Å². The number of aromatic nitrogens is 2. The summed E-state index contributed by atoms with van der Waals surface area (Å²) >= 11 is 0. The second-order valence-corrected chi connectivity index (χ2v) is 5.07. The molecule has 1 aliphatic rings. The van der Waals surface area contributed by atoms with Crippen LogP contribution in [-0.2, 0) is 11.3 Å². The molecule has 5 nitrogen and oxygen atoms in total. The van der Waals surface area contributed by atoms with E-state index in [2.05, 4.69) is 17.2 Å². The first kappa shape index (κ1) is 13.1. The first-order valence-electron chi connectivity index (χ1n) is 6.55. The summed E-state index contributed by atoms with van der Waals surface area (Å²) < 4.78 is 1.83. The number of amides is 1. The number of nitrogens with one attached hydrogen (secondary N) is 1. The van der Waals surface area contributed by atoms with E-state index >= 15 is 0 Å². The van der Waals surface area contributed by atoms with E-state index < -0.39 is 0 Å². The molecule has 1 aromatic heterocycles. The Labute approximate surface area is 107 Å². The molecule has 0 aromatic carbocycles. The highest BCUT2D eigenvalue weighted by atomic mass is 16.3. The molecule has 2 N–H and O–H groups in total. The summed E-state index contributed by atoms with van der Waals surface area (Å²) in [5, 5.41) is 12.4. The van der Waals surface area contributed by atoms with E-state index in [0.29, 0.717) is 12.5 Å². The molecular formula is C13H21N3O2. The summed E-state index contributed by atoms with van der Waals surface area (Å²) in [5.41, 5.74) is 0. The van der Waals surface area contributed by atoms with Gasteiger partial charge in [0.05, 0.1) is 6.10 Å². The molecule has 0 saturated heterocycles. The smallest absolute Gasteiger partial charge is 0.240 e. The van der Waals surface area contributed by atoms with Gasteiger partial charge in [0.25, 0.3) is 0 Å². The van der Waals surface area contributed by atoms with Gasteiger partial charge in [-0.1, -0.05) is 6.92 Å². The summed E-state index contributed by atoms with van der Waals surface area (Å²) in [5.74, 6) is 1.29. The highest BCUT2D eigenvalue weighted by molar-refractivity contribution is 5.76. The predicted molar refractivity (Wildman–Crippen MR) is 67.9 cm³/mol. The molecule has 1 heterocycles. The van der Waals surface area contributed by atoms with Gasteiger partial charge in [0.1, 0.15) is 12.4 Å². The van der Waals surface area contributed by atoms with Gasteiger partial charge in [-0.25, -0.2) is 4.98 Å². The van der Waals surface area contributed by atoms with Crippen molar-refractivity contribution in [3.63, 3.8) is 0 Å². The molecule has 0 aliphatic heterocycles. The number of rotatable bonds is 5. The summed E-state index contributed by atoms with van der Waals surface area (Å²) in [7, 11) is 0. The summed E-state index contributed by atoms with van der Waals surface area (Å²) in [6, 6.07) is 0.185. The van der Waals surface area contributed by atoms with E-state index in [9.17, 15) is 9.90 Å². The lowest BCUT2D eigenvalue weighted by Gasteiger charge is -2.37. The van der Waals surface area contributed by atoms with Crippen molar-refractivity contribution in [2.45, 2.75) is 51.8 Å². The fourth-order valence-electron chi connectivity index (χ4n) is 2.49. The Hall–Kier alpha value is -1.36. The van der Waals surface area contributed by atoms with Crippen molar-refractivity contribution in [2.75, 3.05) is 0 Å². The minimum absolute atomic E-state index is 0.0179. The maximum atomic E-state index is 11.9. The highest BCUT2D eigenvalue weighted by Gasteiger charge is 2.33. The van der Waals surface area contributed by atoms with Crippen LogP contribution in [0.3, 0.4) is 0 Å². The predicted octanol–water partition coefficient (Wildman–Crippen LogP) is 0.857. The van der Waals surface area contributed by atoms with Crippen LogP contribution in [-0.4, -0.2) is 32.7 Å². The molecule has 5 heteroatoms. The number of hydrogen-bond acceptors (Lipinski definition) is 3. The van der Waals surface area contributed by atoms with Gasteiger partial charge < -0.3 is 15.0 Å². The molecule has 1 saturated carbocycles. The number of imidazole rings is 1. The minimum Gasteiger partial charge on any atom is -0.393 e. The van der Waals surface area contributed by atoms with Crippen LogP contribution in [0.25, 0.3) is 0 Å². The Kier molecular flexibility index (Phi) is 4.01. The molecule has 1 amide bonds. The second-order valence-electron chi connectivity index (χ2n) is 5.07. The summed E-state index contributed by atoms with van der Waals surface area (Å²) in [4.78, 5) is 16.0. The highest BCUT2D eigenvalue weighted by Crippen LogP contribution is 2.31. The maximum Gasteiger partial charge on any atom is 0.240 e. The largest absolute Gasteiger partial charge is 0.393 e. The lowest BCUT2D eigenvalue weighted by atomic mass is 9.76. The lowest BCUT2D eigenvalue weighted by Crippen LogP contribution is -2.47. The molecule has 1 atom stereocenters. The SMILES string of the molecule is CCC(NC(=O)Cn1ccnc1C)C1CC(O)C1. The molecule has 18 heavy (non-hydrogen) atoms. The average Bonchev–Trinajstić information content (AvgIpc) is 2.68. The van der Waals surface area contributed by atoms with Crippen molar-refractivity contribution in [1.29, 1.82) is 0 Å². The van der Waals surface area contributed by atoms with Crippen molar-refractivity contribution in [3.05, 3.63) is 18.2 Å². The van der Waals surface area contributed by atoms with Gasteiger partial charge in [-0.05, 0) is 32.1 Å². The van der Waals surface area contributed by atoms with Crippen molar-refractivity contribution in [2.24, 2.45) is 5.92 Å². The zero-order valence-electron chi connectivity index (χ0n) is 11.0. The number of nitrogens with zero attached hydrogens (tertiary/aromatic N) is 2. The number of hydrogen-bond donors (Lipinski definition) is 2. The van der Waals surface area contributed by atoms with Crippen molar-refractivity contribution in [1.82, 2.24) is 14.9 Å². The zero-order chi connectivity index (χ0) is 13.1. The first-order valence-corrected chi connectivity index (χ1v) is 6.55. The van der Waals surface area contributed by atoms with Crippen LogP contribution >= 0.6 is 0 Å². The van der Waals surface area contributed by atoms with Gasteiger partial charge in [0.15, 0.2) is 0 Å². The minimum atomic E-state index is -0.170. The molecule has 0 bridgehead atoms. The van der Waals surface area contributed by atoms with Crippen LogP contribution in [0.1, 0.15) is 32.0 Å². The molecule has 100 valence electrons. The number of aryl methyl sites for hydroxylation is 1. The van der Waals surface area contributed by atoms with E-state index in [0.717, 1.165) is 25.1 Å². The molecule has 2 rings (SSSR count). The van der Waals surface area contributed by atoms with Crippen LogP contribution in [0.5, 0.6) is 0 Å². The van der Waals surface area contributed by atoms with E-state index in [4.69, 9.17) is 0 Å². The Morgan fingerprint density at radius 1 is 1.67 bits per heavy atom. The quantitative estimate of drug-likeness (QED) is 0.815. The van der Waals surface area contributed by atoms with Crippen molar-refractivity contribution >= 4 is 5.91 Å². The van der Waals surface area contributed by atoms with E-state index in [1.54, 1.807) is 6.20 Å². The van der Waals surface area contributed by atoms with Crippen LogP contribution in [0, 0.1) is 12.8 Å². The standard InChI is InChI=1S/C13H21N3O2/c1-3-12(10-6-11(17)7-10)15-13(18)8-16-5-4-14-9(16)2/h4-5,10-12,17H,3,6-8H2,1-2H3,(H,15,18). The van der Waals surface area contributed by atoms with E-state index in [1.165, 1.54) is 0 Å². The Morgan fingerprint density at radius 2 is 2.39 bits per heavy atom. The number of carbonyl (C=O) groups excluding carboxylic acids is 1. The van der Waals surface area contributed by atoms with E-state index in [1.807, 2.05) is 17.7 Å². The third-order valence-electron chi connectivity index (χ3n) is 3.74. The van der Waals surface area contributed by atoms with Crippen molar-refractivity contribution in [3.8, 4) is 0 Å². The van der Waals surface area contributed by atoms with Crippen LogP contribution in [0.2, 0.25) is 0 Å². The molecule has 1 fully saturated rings. The lowest BCUT2D eigenvalue weighted by molar-refractivity contribution is -0.123. The molecule has 0 spiro atoms. The Bertz CT molecular complexity index is 410. The molecule has 1 aliphatic carbocycles. The maximum absolute atomic E-state index is 11.9. The van der Waals surface area contributed by atoms with E-state index in [-0.39, 0.29) is 18.1 Å². The molecular weight excluding hydrogens is 230 g/mol. The third-order valence-corrected chi connectivity index (χ3v) is 3.74. The number of aliphatic hydroxyl groups excluding tert-OH is 1. The molecule has 1 aromatic rings. The van der Waals surface area contributed by atoms with Crippen LogP contribution < -0.4 is 5.32 Å². The second kappa shape index (κ2) is 5.52. The fourth-order valence-corrected chi connectivity index (χ4v) is 2.49. The van der Waals surface area contributed by atoms with Gasteiger partial charge in [0, 0.05) is 18.4 Å². The summed E-state index contributed by atoms with van der Waals surface area (Å²) in [6.45, 7) is 4.27. The fraction of sp³-hybridized carbons (Fsp3) is 0.692. The van der Waals surface area contributed by atoms with Crippen LogP contribution in [0.4, 0.5) is 0 Å². The number of carbonyl (C=O) groups is 1. The number of aliphatic hydroxyl groups is 1. The van der Waals surface area contributed by atoms with Gasteiger partial charge >= 0.3 is 0 Å². The third kappa shape index (κ3) is 2.90. The van der Waals surface area contributed by atoms with Crippen molar-refractivity contribution < 1.29 is 9.90 Å². The van der Waals surface area contributed by atoms with Gasteiger partial charge in [-0.15, -0.1) is 0 Å². The van der Waals surface area contributed by atoms with Gasteiger partial charge in [0.2, 0.25) is 5.91 Å². The Morgan fingerprint density at radius 3 is 2.89 bits per heavy atom. The average molecular weight is 251 g/mol. The molecule has 1 unspecified atom stereocenters. The first-order chi connectivity index (χ1) is 8.60. The zero-order valence-corrected chi connectivity index (χ0v) is 11.0. The van der Waals surface area contributed by atoms with Gasteiger partial charge in [-0.2, -0.15) is 0 Å². The molecule has 0 radical (unpaired) electrons. The summed E-state index contributed by atoms with van der Waals surface area (Å²) in [6.07, 6.45) is 5.86. The monoisotopic (exact) mass is 251 g/mol. The topological polar surface area (TPSA) is 67.2 Å².